The highest BCUT2D eigenvalue weighted by atomic mass is 16.4. The third-order valence-corrected chi connectivity index (χ3v) is 3.54. The van der Waals surface area contributed by atoms with Gasteiger partial charge in [0.15, 0.2) is 0 Å². The standard InChI is InChI=1S/C14H20O4/c1-4-14(18,9(2)3)12(13(16)17)10-5-7-11(15)8-6-10/h5-9,12,15,18H,4H2,1-3H3,(H,16,17). The Balaban J connectivity index is 3.25. The second kappa shape index (κ2) is 5.40. The van der Waals surface area contributed by atoms with Crippen LogP contribution in [-0.4, -0.2) is 26.9 Å². The number of aliphatic carboxylic acids is 1. The lowest BCUT2D eigenvalue weighted by Gasteiger charge is -2.36. The summed E-state index contributed by atoms with van der Waals surface area (Å²) in [5, 5.41) is 29.2. The van der Waals surface area contributed by atoms with Gasteiger partial charge in [0.05, 0.1) is 5.60 Å². The average Bonchev–Trinajstić information content (AvgIpc) is 2.31. The summed E-state index contributed by atoms with van der Waals surface area (Å²) in [4.78, 5) is 11.5. The largest absolute Gasteiger partial charge is 0.508 e. The maximum atomic E-state index is 11.5. The van der Waals surface area contributed by atoms with Crippen molar-refractivity contribution in [2.75, 3.05) is 0 Å². The number of benzene rings is 1. The molecule has 18 heavy (non-hydrogen) atoms. The SMILES string of the molecule is CCC(O)(C(C)C)C(C(=O)O)c1ccc(O)cc1. The smallest absolute Gasteiger partial charge is 0.313 e. The zero-order valence-electron chi connectivity index (χ0n) is 10.9. The molecule has 1 aromatic carbocycles. The van der Waals surface area contributed by atoms with Gasteiger partial charge in [-0.15, -0.1) is 0 Å². The lowest BCUT2D eigenvalue weighted by atomic mass is 9.73. The molecule has 2 unspecified atom stereocenters. The fourth-order valence-electron chi connectivity index (χ4n) is 2.26. The second-order valence-electron chi connectivity index (χ2n) is 4.86. The van der Waals surface area contributed by atoms with E-state index in [0.717, 1.165) is 0 Å². The molecule has 0 aromatic heterocycles. The number of hydrogen-bond acceptors (Lipinski definition) is 3. The van der Waals surface area contributed by atoms with Crippen LogP contribution in [0.5, 0.6) is 5.75 Å². The molecule has 0 aliphatic rings. The van der Waals surface area contributed by atoms with Gasteiger partial charge in [-0.05, 0) is 30.0 Å². The molecule has 0 bridgehead atoms. The summed E-state index contributed by atoms with van der Waals surface area (Å²) in [5.74, 6) is -2.16. The average molecular weight is 252 g/mol. The predicted octanol–water partition coefficient (Wildman–Crippen LogP) is 2.36. The fraction of sp³-hybridized carbons (Fsp3) is 0.500. The molecule has 0 amide bonds. The van der Waals surface area contributed by atoms with E-state index in [1.807, 2.05) is 0 Å². The number of phenols is 1. The van der Waals surface area contributed by atoms with Gasteiger partial charge in [-0.2, -0.15) is 0 Å². The number of aliphatic hydroxyl groups is 1. The van der Waals surface area contributed by atoms with Gasteiger partial charge in [-0.3, -0.25) is 4.79 Å². The highest BCUT2D eigenvalue weighted by Crippen LogP contribution is 2.37. The Morgan fingerprint density at radius 2 is 1.78 bits per heavy atom. The van der Waals surface area contributed by atoms with Crippen LogP contribution in [0.25, 0.3) is 0 Å². The molecule has 2 atom stereocenters. The minimum atomic E-state index is -1.30. The number of phenolic OH excluding ortho intramolecular Hbond substituents is 1. The number of carboxylic acids is 1. The van der Waals surface area contributed by atoms with E-state index in [4.69, 9.17) is 0 Å². The molecule has 4 heteroatoms. The first kappa shape index (κ1) is 14.5. The third-order valence-electron chi connectivity index (χ3n) is 3.54. The normalized spacial score (nSPS) is 16.3. The van der Waals surface area contributed by atoms with E-state index in [1.54, 1.807) is 20.8 Å². The van der Waals surface area contributed by atoms with Gasteiger partial charge < -0.3 is 15.3 Å². The molecule has 0 aliphatic heterocycles. The molecule has 0 radical (unpaired) electrons. The quantitative estimate of drug-likeness (QED) is 0.751. The van der Waals surface area contributed by atoms with Crippen LogP contribution < -0.4 is 0 Å². The van der Waals surface area contributed by atoms with Gasteiger partial charge in [-0.1, -0.05) is 32.9 Å². The molecule has 1 aromatic rings. The summed E-state index contributed by atoms with van der Waals surface area (Å²) in [7, 11) is 0. The van der Waals surface area contributed by atoms with Crippen molar-refractivity contribution in [3.05, 3.63) is 29.8 Å². The van der Waals surface area contributed by atoms with Gasteiger partial charge in [0, 0.05) is 0 Å². The van der Waals surface area contributed by atoms with Crippen LogP contribution in [0.2, 0.25) is 0 Å². The van der Waals surface area contributed by atoms with Crippen molar-refractivity contribution in [1.82, 2.24) is 0 Å². The Labute approximate surface area is 107 Å². The molecule has 1 rings (SSSR count). The molecular formula is C14H20O4. The number of hydrogen-bond donors (Lipinski definition) is 3. The number of carboxylic acid groups (broad SMARTS) is 1. The summed E-state index contributed by atoms with van der Waals surface area (Å²) in [6, 6.07) is 5.94. The second-order valence-corrected chi connectivity index (χ2v) is 4.86. The van der Waals surface area contributed by atoms with Crippen molar-refractivity contribution in [2.45, 2.75) is 38.7 Å². The van der Waals surface area contributed by atoms with Crippen LogP contribution in [0.3, 0.4) is 0 Å². The van der Waals surface area contributed by atoms with Crippen LogP contribution in [-0.2, 0) is 4.79 Å². The Hall–Kier alpha value is -1.55. The van der Waals surface area contributed by atoms with Crippen LogP contribution in [0.15, 0.2) is 24.3 Å². The first-order valence-corrected chi connectivity index (χ1v) is 6.07. The lowest BCUT2D eigenvalue weighted by Crippen LogP contribution is -2.44. The van der Waals surface area contributed by atoms with E-state index in [0.29, 0.717) is 12.0 Å². The first-order chi connectivity index (χ1) is 8.32. The van der Waals surface area contributed by atoms with Crippen LogP contribution >= 0.6 is 0 Å². The van der Waals surface area contributed by atoms with Gasteiger partial charge in [-0.25, -0.2) is 0 Å². The van der Waals surface area contributed by atoms with E-state index in [1.165, 1.54) is 24.3 Å². The fourth-order valence-corrected chi connectivity index (χ4v) is 2.26. The summed E-state index contributed by atoms with van der Waals surface area (Å²) in [5.41, 5.74) is -0.804. The molecule has 0 saturated carbocycles. The maximum absolute atomic E-state index is 11.5. The van der Waals surface area contributed by atoms with Gasteiger partial charge in [0.25, 0.3) is 0 Å². The monoisotopic (exact) mass is 252 g/mol. The van der Waals surface area contributed by atoms with Gasteiger partial charge in [0.1, 0.15) is 11.7 Å². The zero-order valence-corrected chi connectivity index (χ0v) is 10.9. The molecule has 4 nitrogen and oxygen atoms in total. The van der Waals surface area contributed by atoms with E-state index in [9.17, 15) is 20.1 Å². The number of rotatable bonds is 5. The Kier molecular flexibility index (Phi) is 4.35. The summed E-state index contributed by atoms with van der Waals surface area (Å²) in [6.07, 6.45) is 0.350. The predicted molar refractivity (Wildman–Crippen MR) is 68.6 cm³/mol. The van der Waals surface area contributed by atoms with Crippen LogP contribution in [0.4, 0.5) is 0 Å². The van der Waals surface area contributed by atoms with Crippen molar-refractivity contribution in [1.29, 1.82) is 0 Å². The Morgan fingerprint density at radius 1 is 1.28 bits per heavy atom. The Morgan fingerprint density at radius 3 is 2.11 bits per heavy atom. The molecule has 0 heterocycles. The van der Waals surface area contributed by atoms with E-state index in [-0.39, 0.29) is 11.7 Å². The van der Waals surface area contributed by atoms with Crippen molar-refractivity contribution < 1.29 is 20.1 Å². The van der Waals surface area contributed by atoms with Crippen LogP contribution in [0, 0.1) is 5.92 Å². The highest BCUT2D eigenvalue weighted by molar-refractivity contribution is 5.78. The minimum absolute atomic E-state index is 0.0764. The van der Waals surface area contributed by atoms with E-state index >= 15 is 0 Å². The molecular weight excluding hydrogens is 232 g/mol. The Bertz CT molecular complexity index is 410. The lowest BCUT2D eigenvalue weighted by molar-refractivity contribution is -0.149. The summed E-state index contributed by atoms with van der Waals surface area (Å²) >= 11 is 0. The minimum Gasteiger partial charge on any atom is -0.508 e. The topological polar surface area (TPSA) is 77.8 Å². The van der Waals surface area contributed by atoms with Crippen molar-refractivity contribution in [3.63, 3.8) is 0 Å². The maximum Gasteiger partial charge on any atom is 0.313 e. The number of aromatic hydroxyl groups is 1. The van der Waals surface area contributed by atoms with Gasteiger partial charge >= 0.3 is 5.97 Å². The molecule has 100 valence electrons. The van der Waals surface area contributed by atoms with Crippen LogP contribution in [0.1, 0.15) is 38.7 Å². The molecule has 0 fully saturated rings. The summed E-state index contributed by atoms with van der Waals surface area (Å²) < 4.78 is 0. The van der Waals surface area contributed by atoms with E-state index in [2.05, 4.69) is 0 Å². The first-order valence-electron chi connectivity index (χ1n) is 6.07. The van der Waals surface area contributed by atoms with Crippen molar-refractivity contribution in [3.8, 4) is 5.75 Å². The number of carbonyl (C=O) groups is 1. The van der Waals surface area contributed by atoms with E-state index < -0.39 is 17.5 Å². The zero-order chi connectivity index (χ0) is 13.9. The molecule has 0 saturated heterocycles. The molecule has 0 spiro atoms. The molecule has 3 N–H and O–H groups in total. The third kappa shape index (κ3) is 2.64. The summed E-state index contributed by atoms with van der Waals surface area (Å²) in [6.45, 7) is 5.38. The van der Waals surface area contributed by atoms with Crippen molar-refractivity contribution >= 4 is 5.97 Å². The van der Waals surface area contributed by atoms with Gasteiger partial charge in [0.2, 0.25) is 0 Å². The van der Waals surface area contributed by atoms with Crippen molar-refractivity contribution in [2.24, 2.45) is 5.92 Å². The highest BCUT2D eigenvalue weighted by Gasteiger charge is 2.43. The molecule has 0 aliphatic carbocycles.